The lowest BCUT2D eigenvalue weighted by atomic mass is 9.96. The number of amides is 2. The Labute approximate surface area is 178 Å². The minimum Gasteiger partial charge on any atom is -0.486 e. The first-order chi connectivity index (χ1) is 14.5. The Kier molecular flexibility index (Phi) is 5.94. The van der Waals surface area contributed by atoms with Crippen LogP contribution in [0.25, 0.3) is 6.08 Å². The van der Waals surface area contributed by atoms with Gasteiger partial charge in [-0.3, -0.25) is 9.59 Å². The Morgan fingerprint density at radius 2 is 1.97 bits per heavy atom. The maximum Gasteiger partial charge on any atom is 0.246 e. The highest BCUT2D eigenvalue weighted by atomic mass is 35.5. The van der Waals surface area contributed by atoms with Gasteiger partial charge in [-0.15, -0.1) is 0 Å². The van der Waals surface area contributed by atoms with Gasteiger partial charge in [-0.05, 0) is 43.5 Å². The highest BCUT2D eigenvalue weighted by molar-refractivity contribution is 6.32. The molecule has 0 spiro atoms. The number of halogens is 1. The van der Waals surface area contributed by atoms with Gasteiger partial charge in [0.25, 0.3) is 0 Å². The molecule has 1 N–H and O–H groups in total. The zero-order chi connectivity index (χ0) is 21.1. The van der Waals surface area contributed by atoms with Crippen LogP contribution in [-0.2, 0) is 9.59 Å². The van der Waals surface area contributed by atoms with Crippen molar-refractivity contribution in [1.29, 1.82) is 0 Å². The zero-order valence-corrected chi connectivity index (χ0v) is 17.3. The monoisotopic (exact) mass is 431 g/mol. The van der Waals surface area contributed by atoms with Gasteiger partial charge >= 0.3 is 0 Å². The average molecular weight is 432 g/mol. The Morgan fingerprint density at radius 1 is 1.20 bits per heavy atom. The summed E-state index contributed by atoms with van der Waals surface area (Å²) >= 11 is 6.23. The van der Waals surface area contributed by atoms with E-state index < -0.39 is 0 Å². The molecule has 9 heteroatoms. The molecular weight excluding hydrogens is 410 g/mol. The van der Waals surface area contributed by atoms with E-state index in [2.05, 4.69) is 10.5 Å². The number of ether oxygens (including phenoxy) is 2. The van der Waals surface area contributed by atoms with E-state index in [0.717, 1.165) is 5.56 Å². The number of aryl methyl sites for hydroxylation is 1. The smallest absolute Gasteiger partial charge is 0.246 e. The second-order valence-electron chi connectivity index (χ2n) is 7.27. The average Bonchev–Trinajstić information content (AvgIpc) is 3.16. The number of piperidine rings is 1. The number of carbonyl (C=O) groups is 2. The predicted octanol–water partition coefficient (Wildman–Crippen LogP) is 3.30. The molecule has 0 radical (unpaired) electrons. The number of aromatic nitrogens is 1. The fraction of sp³-hybridized carbons (Fsp3) is 0.381. The predicted molar refractivity (Wildman–Crippen MR) is 111 cm³/mol. The van der Waals surface area contributed by atoms with Crippen LogP contribution in [-0.4, -0.2) is 48.2 Å². The van der Waals surface area contributed by atoms with Gasteiger partial charge in [-0.2, -0.15) is 0 Å². The van der Waals surface area contributed by atoms with Gasteiger partial charge in [-0.25, -0.2) is 0 Å². The summed E-state index contributed by atoms with van der Waals surface area (Å²) in [5.74, 6) is 1.80. The molecule has 2 amide bonds. The summed E-state index contributed by atoms with van der Waals surface area (Å²) in [5.41, 5.74) is 0.759. The normalized spacial score (nSPS) is 16.7. The number of carbonyl (C=O) groups excluding carboxylic acids is 2. The Morgan fingerprint density at radius 3 is 2.70 bits per heavy atom. The van der Waals surface area contributed by atoms with Crippen LogP contribution in [0.5, 0.6) is 11.5 Å². The molecule has 0 bridgehead atoms. The first-order valence-corrected chi connectivity index (χ1v) is 10.2. The molecule has 2 aromatic rings. The van der Waals surface area contributed by atoms with Crippen LogP contribution >= 0.6 is 11.6 Å². The van der Waals surface area contributed by atoms with E-state index in [1.165, 1.54) is 6.08 Å². The number of hydrogen-bond donors (Lipinski definition) is 1. The van der Waals surface area contributed by atoms with Crippen LogP contribution < -0.4 is 14.8 Å². The van der Waals surface area contributed by atoms with Crippen molar-refractivity contribution in [3.05, 3.63) is 40.6 Å². The fourth-order valence-electron chi connectivity index (χ4n) is 3.52. The molecule has 30 heavy (non-hydrogen) atoms. The lowest BCUT2D eigenvalue weighted by molar-refractivity contribution is -0.130. The minimum absolute atomic E-state index is 0.100. The number of benzene rings is 1. The third-order valence-electron chi connectivity index (χ3n) is 5.09. The van der Waals surface area contributed by atoms with Crippen LogP contribution in [0.15, 0.2) is 28.8 Å². The summed E-state index contributed by atoms with van der Waals surface area (Å²) in [7, 11) is 0. The summed E-state index contributed by atoms with van der Waals surface area (Å²) in [6, 6.07) is 5.21. The van der Waals surface area contributed by atoms with Crippen LogP contribution in [0.3, 0.4) is 0 Å². The topological polar surface area (TPSA) is 93.9 Å². The van der Waals surface area contributed by atoms with Crippen molar-refractivity contribution in [2.75, 3.05) is 31.6 Å². The number of hydrogen-bond acceptors (Lipinski definition) is 6. The van der Waals surface area contributed by atoms with Gasteiger partial charge in [-0.1, -0.05) is 16.8 Å². The summed E-state index contributed by atoms with van der Waals surface area (Å²) in [5, 5.41) is 6.98. The molecule has 1 saturated heterocycles. The second-order valence-corrected chi connectivity index (χ2v) is 7.68. The summed E-state index contributed by atoms with van der Waals surface area (Å²) in [6.45, 7) is 3.72. The number of anilines is 1. The Bertz CT molecular complexity index is 979. The second kappa shape index (κ2) is 8.79. The van der Waals surface area contributed by atoms with Crippen molar-refractivity contribution in [3.63, 3.8) is 0 Å². The molecule has 1 fully saturated rings. The van der Waals surface area contributed by atoms with Crippen molar-refractivity contribution >= 4 is 35.3 Å². The van der Waals surface area contributed by atoms with E-state index >= 15 is 0 Å². The SMILES string of the molecule is Cc1cc(NC(=O)C2CCN(C(=O)/C=C\c3cc(Cl)c4c(c3)OCCO4)CC2)no1. The molecule has 0 unspecified atom stereocenters. The molecule has 0 saturated carbocycles. The standard InChI is InChI=1S/C21H22ClN3O5/c1-13-10-18(24-30-13)23-21(27)15-4-6-25(7-5-15)19(26)3-2-14-11-16(22)20-17(12-14)28-8-9-29-20/h2-3,10-12,15H,4-9H2,1H3,(H,23,24,27)/b3-2-. The largest absolute Gasteiger partial charge is 0.486 e. The van der Waals surface area contributed by atoms with Gasteiger partial charge in [0.05, 0.1) is 5.02 Å². The Hall–Kier alpha value is -3.00. The number of fused-ring (bicyclic) bond motifs is 1. The quantitative estimate of drug-likeness (QED) is 0.746. The first kappa shape index (κ1) is 20.3. The lowest BCUT2D eigenvalue weighted by Crippen LogP contribution is -2.40. The molecule has 3 heterocycles. The maximum atomic E-state index is 12.5. The van der Waals surface area contributed by atoms with E-state index in [1.807, 2.05) is 0 Å². The molecule has 1 aromatic carbocycles. The molecular formula is C21H22ClN3O5. The van der Waals surface area contributed by atoms with Gasteiger partial charge in [0.2, 0.25) is 11.8 Å². The minimum atomic E-state index is -0.161. The van der Waals surface area contributed by atoms with Crippen molar-refractivity contribution in [3.8, 4) is 11.5 Å². The highest BCUT2D eigenvalue weighted by Crippen LogP contribution is 2.38. The van der Waals surface area contributed by atoms with Gasteiger partial charge in [0, 0.05) is 31.1 Å². The third kappa shape index (κ3) is 4.59. The molecule has 0 aliphatic carbocycles. The number of nitrogens with one attached hydrogen (secondary N) is 1. The van der Waals surface area contributed by atoms with Crippen LogP contribution in [0.2, 0.25) is 5.02 Å². The molecule has 1 aromatic heterocycles. The first-order valence-electron chi connectivity index (χ1n) is 9.80. The number of rotatable bonds is 4. The van der Waals surface area contributed by atoms with Crippen LogP contribution in [0.1, 0.15) is 24.2 Å². The number of likely N-dealkylation sites (tertiary alicyclic amines) is 1. The van der Waals surface area contributed by atoms with Gasteiger partial charge in [0.1, 0.15) is 19.0 Å². The van der Waals surface area contributed by atoms with E-state index in [-0.39, 0.29) is 17.7 Å². The molecule has 4 rings (SSSR count). The van der Waals surface area contributed by atoms with E-state index in [9.17, 15) is 9.59 Å². The summed E-state index contributed by atoms with van der Waals surface area (Å²) in [4.78, 5) is 26.6. The van der Waals surface area contributed by atoms with E-state index in [0.29, 0.717) is 67.2 Å². The van der Waals surface area contributed by atoms with E-state index in [4.69, 9.17) is 25.6 Å². The van der Waals surface area contributed by atoms with E-state index in [1.54, 1.807) is 36.1 Å². The van der Waals surface area contributed by atoms with Gasteiger partial charge in [0.15, 0.2) is 17.3 Å². The van der Waals surface area contributed by atoms with Gasteiger partial charge < -0.3 is 24.2 Å². The zero-order valence-electron chi connectivity index (χ0n) is 16.5. The third-order valence-corrected chi connectivity index (χ3v) is 5.37. The van der Waals surface area contributed by atoms with Crippen LogP contribution in [0.4, 0.5) is 5.82 Å². The maximum absolute atomic E-state index is 12.5. The summed E-state index contributed by atoms with van der Waals surface area (Å²) in [6.07, 6.45) is 4.41. The molecule has 158 valence electrons. The van der Waals surface area contributed by atoms with Crippen molar-refractivity contribution in [2.45, 2.75) is 19.8 Å². The number of nitrogens with zero attached hydrogens (tertiary/aromatic N) is 2. The fourth-order valence-corrected chi connectivity index (χ4v) is 3.79. The van der Waals surface area contributed by atoms with Crippen LogP contribution in [0, 0.1) is 12.8 Å². The highest BCUT2D eigenvalue weighted by Gasteiger charge is 2.27. The molecule has 2 aliphatic rings. The van der Waals surface area contributed by atoms with Crippen molar-refractivity contribution in [1.82, 2.24) is 10.1 Å². The van der Waals surface area contributed by atoms with Crippen molar-refractivity contribution in [2.24, 2.45) is 5.92 Å². The molecule has 2 aliphatic heterocycles. The van der Waals surface area contributed by atoms with Crippen molar-refractivity contribution < 1.29 is 23.6 Å². The molecule has 0 atom stereocenters. The summed E-state index contributed by atoms with van der Waals surface area (Å²) < 4.78 is 16.0. The Balaban J connectivity index is 1.31. The molecule has 8 nitrogen and oxygen atoms in total. The lowest BCUT2D eigenvalue weighted by Gasteiger charge is -2.30.